The van der Waals surface area contributed by atoms with Crippen LogP contribution in [0.15, 0.2) is 42.5 Å². The van der Waals surface area contributed by atoms with E-state index in [0.717, 1.165) is 11.3 Å². The predicted octanol–water partition coefficient (Wildman–Crippen LogP) is 4.29. The average molecular weight is 292 g/mol. The van der Waals surface area contributed by atoms with Crippen LogP contribution in [0.1, 0.15) is 19.4 Å². The molecular weight excluding hydrogens is 274 g/mol. The maximum Gasteiger partial charge on any atom is 0.146 e. The molecule has 106 valence electrons. The van der Waals surface area contributed by atoms with Crippen molar-refractivity contribution >= 4 is 17.3 Å². The molecule has 0 saturated heterocycles. The molecule has 2 N–H and O–H groups in total. The van der Waals surface area contributed by atoms with Crippen LogP contribution in [-0.4, -0.2) is 6.10 Å². The van der Waals surface area contributed by atoms with Crippen LogP contribution in [0.25, 0.3) is 0 Å². The highest BCUT2D eigenvalue weighted by Crippen LogP contribution is 2.28. The third-order valence-electron chi connectivity index (χ3n) is 2.67. The summed E-state index contributed by atoms with van der Waals surface area (Å²) in [6, 6.07) is 13.0. The van der Waals surface area contributed by atoms with Crippen LogP contribution in [0, 0.1) is 0 Å². The van der Waals surface area contributed by atoms with Gasteiger partial charge >= 0.3 is 0 Å². The zero-order chi connectivity index (χ0) is 14.5. The Labute approximate surface area is 124 Å². The van der Waals surface area contributed by atoms with E-state index in [2.05, 4.69) is 0 Å². The lowest BCUT2D eigenvalue weighted by molar-refractivity contribution is 0.241. The molecular formula is C16H18ClNO2. The summed E-state index contributed by atoms with van der Waals surface area (Å²) < 4.78 is 11.4. The van der Waals surface area contributed by atoms with Crippen molar-refractivity contribution in [1.29, 1.82) is 0 Å². The molecule has 0 radical (unpaired) electrons. The molecule has 0 spiro atoms. The van der Waals surface area contributed by atoms with Crippen LogP contribution in [-0.2, 0) is 6.61 Å². The van der Waals surface area contributed by atoms with Crippen LogP contribution >= 0.6 is 11.6 Å². The summed E-state index contributed by atoms with van der Waals surface area (Å²) in [5.41, 5.74) is 7.53. The fraction of sp³-hybridized carbons (Fsp3) is 0.250. The first kappa shape index (κ1) is 14.5. The first-order chi connectivity index (χ1) is 9.54. The molecule has 0 aliphatic heterocycles. The van der Waals surface area contributed by atoms with Crippen molar-refractivity contribution in [3.05, 3.63) is 53.1 Å². The summed E-state index contributed by atoms with van der Waals surface area (Å²) in [5, 5.41) is 0.717. The van der Waals surface area contributed by atoms with Gasteiger partial charge in [0, 0.05) is 11.1 Å². The minimum absolute atomic E-state index is 0.0730. The van der Waals surface area contributed by atoms with Gasteiger partial charge in [-0.15, -0.1) is 0 Å². The van der Waals surface area contributed by atoms with E-state index in [9.17, 15) is 0 Å². The largest absolute Gasteiger partial charge is 0.489 e. The van der Waals surface area contributed by atoms with Gasteiger partial charge in [-0.2, -0.15) is 0 Å². The van der Waals surface area contributed by atoms with Gasteiger partial charge in [0.05, 0.1) is 11.8 Å². The number of nitrogen functional groups attached to an aromatic ring is 1. The molecule has 0 aliphatic rings. The predicted molar refractivity (Wildman–Crippen MR) is 82.4 cm³/mol. The van der Waals surface area contributed by atoms with E-state index in [1.54, 1.807) is 6.07 Å². The second-order valence-electron chi connectivity index (χ2n) is 4.78. The summed E-state index contributed by atoms with van der Waals surface area (Å²) in [7, 11) is 0. The lowest BCUT2D eigenvalue weighted by Gasteiger charge is -2.14. The Balaban J connectivity index is 2.04. The van der Waals surface area contributed by atoms with Crippen molar-refractivity contribution < 1.29 is 9.47 Å². The highest BCUT2D eigenvalue weighted by Gasteiger charge is 2.05. The standard InChI is InChI=1S/C16H18ClNO2/c1-11(2)20-16-9-14(7-8-15(16)18)19-10-12-3-5-13(17)6-4-12/h3-9,11H,10,18H2,1-2H3. The van der Waals surface area contributed by atoms with Crippen molar-refractivity contribution in [2.24, 2.45) is 0 Å². The van der Waals surface area contributed by atoms with Crippen molar-refractivity contribution in [2.45, 2.75) is 26.6 Å². The van der Waals surface area contributed by atoms with Crippen LogP contribution in [0.5, 0.6) is 11.5 Å². The Hall–Kier alpha value is -1.87. The molecule has 0 fully saturated rings. The van der Waals surface area contributed by atoms with Crippen molar-refractivity contribution in [1.82, 2.24) is 0 Å². The Kier molecular flexibility index (Phi) is 4.74. The van der Waals surface area contributed by atoms with Gasteiger partial charge in [-0.1, -0.05) is 23.7 Å². The number of rotatable bonds is 5. The SMILES string of the molecule is CC(C)Oc1cc(OCc2ccc(Cl)cc2)ccc1N. The summed E-state index contributed by atoms with van der Waals surface area (Å²) in [5.74, 6) is 1.37. The smallest absolute Gasteiger partial charge is 0.146 e. The number of ether oxygens (including phenoxy) is 2. The molecule has 0 aliphatic carbocycles. The Morgan fingerprint density at radius 3 is 2.45 bits per heavy atom. The van der Waals surface area contributed by atoms with E-state index in [0.29, 0.717) is 23.1 Å². The Morgan fingerprint density at radius 1 is 1.10 bits per heavy atom. The minimum atomic E-state index is 0.0730. The maximum absolute atomic E-state index is 5.87. The van der Waals surface area contributed by atoms with Crippen LogP contribution in [0.3, 0.4) is 0 Å². The van der Waals surface area contributed by atoms with Gasteiger partial charge in [0.2, 0.25) is 0 Å². The van der Waals surface area contributed by atoms with E-state index < -0.39 is 0 Å². The maximum atomic E-state index is 5.87. The van der Waals surface area contributed by atoms with Gasteiger partial charge in [-0.25, -0.2) is 0 Å². The number of benzene rings is 2. The number of hydrogen-bond acceptors (Lipinski definition) is 3. The summed E-state index contributed by atoms with van der Waals surface area (Å²) in [4.78, 5) is 0. The summed E-state index contributed by atoms with van der Waals surface area (Å²) >= 11 is 5.84. The zero-order valence-corrected chi connectivity index (χ0v) is 12.4. The first-order valence-corrected chi connectivity index (χ1v) is 6.86. The topological polar surface area (TPSA) is 44.5 Å². The van der Waals surface area contributed by atoms with Gasteiger partial charge in [0.25, 0.3) is 0 Å². The second kappa shape index (κ2) is 6.53. The number of anilines is 1. The van der Waals surface area contributed by atoms with Gasteiger partial charge < -0.3 is 15.2 Å². The third kappa shape index (κ3) is 4.07. The normalized spacial score (nSPS) is 10.6. The Morgan fingerprint density at radius 2 is 1.80 bits per heavy atom. The van der Waals surface area contributed by atoms with Crippen LogP contribution in [0.4, 0.5) is 5.69 Å². The van der Waals surface area contributed by atoms with E-state index in [1.165, 1.54) is 0 Å². The monoisotopic (exact) mass is 291 g/mol. The number of nitrogens with two attached hydrogens (primary N) is 1. The molecule has 20 heavy (non-hydrogen) atoms. The van der Waals surface area contributed by atoms with Gasteiger partial charge in [0.1, 0.15) is 18.1 Å². The van der Waals surface area contributed by atoms with Crippen molar-refractivity contribution in [2.75, 3.05) is 5.73 Å². The van der Waals surface area contributed by atoms with Crippen LogP contribution < -0.4 is 15.2 Å². The molecule has 4 heteroatoms. The van der Waals surface area contributed by atoms with Crippen LogP contribution in [0.2, 0.25) is 5.02 Å². The summed E-state index contributed by atoms with van der Waals surface area (Å²) in [6.07, 6.45) is 0.0730. The second-order valence-corrected chi connectivity index (χ2v) is 5.22. The highest BCUT2D eigenvalue weighted by atomic mass is 35.5. The fourth-order valence-electron chi connectivity index (χ4n) is 1.71. The average Bonchev–Trinajstić information content (AvgIpc) is 2.41. The molecule has 2 aromatic carbocycles. The number of halogens is 1. The van der Waals surface area contributed by atoms with E-state index >= 15 is 0 Å². The lowest BCUT2D eigenvalue weighted by atomic mass is 10.2. The minimum Gasteiger partial charge on any atom is -0.489 e. The molecule has 2 aromatic rings. The Bertz CT molecular complexity index is 567. The third-order valence-corrected chi connectivity index (χ3v) is 2.92. The molecule has 0 aromatic heterocycles. The fourth-order valence-corrected chi connectivity index (χ4v) is 1.83. The molecule has 0 atom stereocenters. The van der Waals surface area contributed by atoms with E-state index in [1.807, 2.05) is 50.2 Å². The molecule has 0 bridgehead atoms. The molecule has 0 heterocycles. The molecule has 2 rings (SSSR count). The van der Waals surface area contributed by atoms with Gasteiger partial charge in [0.15, 0.2) is 0 Å². The van der Waals surface area contributed by atoms with Gasteiger partial charge in [-0.05, 0) is 43.7 Å². The number of hydrogen-bond donors (Lipinski definition) is 1. The van der Waals surface area contributed by atoms with Crippen molar-refractivity contribution in [3.63, 3.8) is 0 Å². The van der Waals surface area contributed by atoms with E-state index in [-0.39, 0.29) is 6.10 Å². The van der Waals surface area contributed by atoms with Crippen molar-refractivity contribution in [3.8, 4) is 11.5 Å². The molecule has 3 nitrogen and oxygen atoms in total. The first-order valence-electron chi connectivity index (χ1n) is 6.48. The highest BCUT2D eigenvalue weighted by molar-refractivity contribution is 6.30. The van der Waals surface area contributed by atoms with E-state index in [4.69, 9.17) is 26.8 Å². The molecule has 0 unspecified atom stereocenters. The summed E-state index contributed by atoms with van der Waals surface area (Å²) in [6.45, 7) is 4.39. The quantitative estimate of drug-likeness (QED) is 0.836. The molecule has 0 amide bonds. The molecule has 0 saturated carbocycles. The zero-order valence-electron chi connectivity index (χ0n) is 11.6. The lowest BCUT2D eigenvalue weighted by Crippen LogP contribution is -2.07. The van der Waals surface area contributed by atoms with Gasteiger partial charge in [-0.3, -0.25) is 0 Å².